The van der Waals surface area contributed by atoms with Crippen LogP contribution in [0.5, 0.6) is 0 Å². The summed E-state index contributed by atoms with van der Waals surface area (Å²) >= 11 is 0. The molecule has 0 radical (unpaired) electrons. The van der Waals surface area contributed by atoms with Crippen LogP contribution in [0.25, 0.3) is 10.9 Å². The zero-order valence-electron chi connectivity index (χ0n) is 12.7. The number of carbonyl (C=O) groups is 1. The number of hydrogen-bond acceptors (Lipinski definition) is 3. The van der Waals surface area contributed by atoms with E-state index in [1.807, 2.05) is 30.3 Å². The Morgan fingerprint density at radius 3 is 2.86 bits per heavy atom. The lowest BCUT2D eigenvalue weighted by Crippen LogP contribution is -2.23. The van der Waals surface area contributed by atoms with E-state index in [-0.39, 0.29) is 11.8 Å². The van der Waals surface area contributed by atoms with Crippen LogP contribution >= 0.6 is 0 Å². The van der Waals surface area contributed by atoms with Crippen molar-refractivity contribution < 1.29 is 4.79 Å². The third-order valence-electron chi connectivity index (χ3n) is 3.50. The topological polar surface area (TPSA) is 68.0 Å². The summed E-state index contributed by atoms with van der Waals surface area (Å²) < 4.78 is 0. The van der Waals surface area contributed by atoms with Gasteiger partial charge in [0.15, 0.2) is 0 Å². The quantitative estimate of drug-likeness (QED) is 0.856. The van der Waals surface area contributed by atoms with Gasteiger partial charge in [0, 0.05) is 23.7 Å². The molecular weight excluding hydrogens is 262 g/mol. The molecule has 0 saturated carbocycles. The van der Waals surface area contributed by atoms with Gasteiger partial charge in [-0.1, -0.05) is 19.9 Å². The molecule has 4 nitrogen and oxygen atoms in total. The second-order valence-electron chi connectivity index (χ2n) is 5.89. The average Bonchev–Trinajstić information content (AvgIpc) is 2.45. The van der Waals surface area contributed by atoms with E-state index in [1.165, 1.54) is 0 Å². The Hall–Kier alpha value is -1.94. The molecule has 0 fully saturated rings. The second kappa shape index (κ2) is 7.18. The average molecular weight is 285 g/mol. The predicted molar refractivity (Wildman–Crippen MR) is 87.0 cm³/mol. The highest BCUT2D eigenvalue weighted by atomic mass is 16.1. The minimum absolute atomic E-state index is 0.0225. The molecule has 1 amide bonds. The number of fused-ring (bicyclic) bond motifs is 1. The Morgan fingerprint density at radius 2 is 2.14 bits per heavy atom. The summed E-state index contributed by atoms with van der Waals surface area (Å²) in [5, 5.41) is 3.97. The van der Waals surface area contributed by atoms with Gasteiger partial charge in [0.25, 0.3) is 0 Å². The summed E-state index contributed by atoms with van der Waals surface area (Å²) in [5.74, 6) is 0.819. The lowest BCUT2D eigenvalue weighted by molar-refractivity contribution is -0.117. The van der Waals surface area contributed by atoms with E-state index in [2.05, 4.69) is 24.1 Å². The number of benzene rings is 1. The first-order valence-corrected chi connectivity index (χ1v) is 7.43. The standard InChI is InChI=1S/C17H23N3O/c1-12(2)8-13(11-18)9-17(21)20-15-5-6-16-14(10-15)4-3-7-19-16/h3-7,10,12-13H,8-9,11,18H2,1-2H3,(H,20,21)/t13-/m0/s1. The number of nitrogens with zero attached hydrogens (tertiary/aromatic N) is 1. The number of aromatic nitrogens is 1. The molecular formula is C17H23N3O. The molecule has 1 aromatic heterocycles. The van der Waals surface area contributed by atoms with Crippen molar-refractivity contribution in [1.29, 1.82) is 0 Å². The van der Waals surface area contributed by atoms with E-state index in [1.54, 1.807) is 6.20 Å². The smallest absolute Gasteiger partial charge is 0.224 e. The third kappa shape index (κ3) is 4.53. The Balaban J connectivity index is 2.00. The highest BCUT2D eigenvalue weighted by Crippen LogP contribution is 2.19. The molecule has 1 atom stereocenters. The number of carbonyl (C=O) groups excluding carboxylic acids is 1. The molecule has 0 bridgehead atoms. The van der Waals surface area contributed by atoms with E-state index in [0.29, 0.717) is 18.9 Å². The summed E-state index contributed by atoms with van der Waals surface area (Å²) in [4.78, 5) is 16.4. The van der Waals surface area contributed by atoms with E-state index in [9.17, 15) is 4.79 Å². The molecule has 4 heteroatoms. The van der Waals surface area contributed by atoms with Crippen LogP contribution in [0.3, 0.4) is 0 Å². The molecule has 3 N–H and O–H groups in total. The zero-order chi connectivity index (χ0) is 15.2. The molecule has 2 rings (SSSR count). The van der Waals surface area contributed by atoms with Gasteiger partial charge in [0.1, 0.15) is 0 Å². The van der Waals surface area contributed by atoms with Crippen LogP contribution in [0.4, 0.5) is 5.69 Å². The Labute approximate surface area is 125 Å². The van der Waals surface area contributed by atoms with Crippen LogP contribution in [-0.4, -0.2) is 17.4 Å². The van der Waals surface area contributed by atoms with Gasteiger partial charge in [-0.05, 0) is 49.1 Å². The van der Waals surface area contributed by atoms with E-state index < -0.39 is 0 Å². The number of anilines is 1. The highest BCUT2D eigenvalue weighted by molar-refractivity contribution is 5.93. The van der Waals surface area contributed by atoms with Crippen LogP contribution < -0.4 is 11.1 Å². The van der Waals surface area contributed by atoms with Crippen LogP contribution in [-0.2, 0) is 4.79 Å². The van der Waals surface area contributed by atoms with E-state index in [4.69, 9.17) is 5.73 Å². The summed E-state index contributed by atoms with van der Waals surface area (Å²) in [6, 6.07) is 9.62. The van der Waals surface area contributed by atoms with Gasteiger partial charge in [0.05, 0.1) is 5.52 Å². The largest absolute Gasteiger partial charge is 0.330 e. The van der Waals surface area contributed by atoms with Crippen molar-refractivity contribution in [3.8, 4) is 0 Å². The van der Waals surface area contributed by atoms with Crippen molar-refractivity contribution in [3.63, 3.8) is 0 Å². The molecule has 1 heterocycles. The van der Waals surface area contributed by atoms with Crippen molar-refractivity contribution >= 4 is 22.5 Å². The molecule has 0 aliphatic rings. The molecule has 0 saturated heterocycles. The number of hydrogen-bond donors (Lipinski definition) is 2. The van der Waals surface area contributed by atoms with Crippen molar-refractivity contribution in [3.05, 3.63) is 36.5 Å². The first-order chi connectivity index (χ1) is 10.1. The minimum Gasteiger partial charge on any atom is -0.330 e. The van der Waals surface area contributed by atoms with Gasteiger partial charge in [-0.3, -0.25) is 9.78 Å². The van der Waals surface area contributed by atoms with Gasteiger partial charge < -0.3 is 11.1 Å². The monoisotopic (exact) mass is 285 g/mol. The Kier molecular flexibility index (Phi) is 5.28. The molecule has 1 aromatic carbocycles. The molecule has 0 spiro atoms. The fourth-order valence-corrected chi connectivity index (χ4v) is 2.56. The van der Waals surface area contributed by atoms with E-state index >= 15 is 0 Å². The Bertz CT molecular complexity index is 610. The first-order valence-electron chi connectivity index (χ1n) is 7.43. The number of amides is 1. The highest BCUT2D eigenvalue weighted by Gasteiger charge is 2.14. The van der Waals surface area contributed by atoms with Crippen molar-refractivity contribution in [1.82, 2.24) is 4.98 Å². The maximum atomic E-state index is 12.1. The fraction of sp³-hybridized carbons (Fsp3) is 0.412. The van der Waals surface area contributed by atoms with Crippen molar-refractivity contribution in [2.45, 2.75) is 26.7 Å². The van der Waals surface area contributed by atoms with Crippen molar-refractivity contribution in [2.75, 3.05) is 11.9 Å². The zero-order valence-corrected chi connectivity index (χ0v) is 12.7. The van der Waals surface area contributed by atoms with Gasteiger partial charge in [-0.2, -0.15) is 0 Å². The normalized spacial score (nSPS) is 12.6. The van der Waals surface area contributed by atoms with Gasteiger partial charge >= 0.3 is 0 Å². The maximum absolute atomic E-state index is 12.1. The molecule has 0 unspecified atom stereocenters. The SMILES string of the molecule is CC(C)C[C@H](CN)CC(=O)Nc1ccc2ncccc2c1. The summed E-state index contributed by atoms with van der Waals surface area (Å²) in [7, 11) is 0. The lowest BCUT2D eigenvalue weighted by Gasteiger charge is -2.16. The van der Waals surface area contributed by atoms with Crippen LogP contribution in [0.1, 0.15) is 26.7 Å². The minimum atomic E-state index is 0.0225. The molecule has 21 heavy (non-hydrogen) atoms. The number of nitrogens with two attached hydrogens (primary N) is 1. The van der Waals surface area contributed by atoms with Crippen LogP contribution in [0, 0.1) is 11.8 Å². The first kappa shape index (κ1) is 15.4. The van der Waals surface area contributed by atoms with Crippen LogP contribution in [0.2, 0.25) is 0 Å². The summed E-state index contributed by atoms with van der Waals surface area (Å²) in [5.41, 5.74) is 7.48. The number of rotatable bonds is 6. The fourth-order valence-electron chi connectivity index (χ4n) is 2.56. The van der Waals surface area contributed by atoms with Gasteiger partial charge in [-0.15, -0.1) is 0 Å². The Morgan fingerprint density at radius 1 is 1.33 bits per heavy atom. The van der Waals surface area contributed by atoms with Crippen LogP contribution in [0.15, 0.2) is 36.5 Å². The molecule has 0 aliphatic heterocycles. The summed E-state index contributed by atoms with van der Waals surface area (Å²) in [6.45, 7) is 4.85. The molecule has 2 aromatic rings. The maximum Gasteiger partial charge on any atom is 0.224 e. The molecule has 0 aliphatic carbocycles. The second-order valence-corrected chi connectivity index (χ2v) is 5.89. The van der Waals surface area contributed by atoms with Crippen molar-refractivity contribution in [2.24, 2.45) is 17.6 Å². The number of pyridine rings is 1. The number of nitrogens with one attached hydrogen (secondary N) is 1. The van der Waals surface area contributed by atoms with Gasteiger partial charge in [-0.25, -0.2) is 0 Å². The third-order valence-corrected chi connectivity index (χ3v) is 3.50. The van der Waals surface area contributed by atoms with Gasteiger partial charge in [0.2, 0.25) is 5.91 Å². The lowest BCUT2D eigenvalue weighted by atomic mass is 9.94. The summed E-state index contributed by atoms with van der Waals surface area (Å²) in [6.07, 6.45) is 3.21. The molecule has 112 valence electrons. The predicted octanol–water partition coefficient (Wildman–Crippen LogP) is 3.18. The van der Waals surface area contributed by atoms with E-state index in [0.717, 1.165) is 23.0 Å².